The zero-order valence-corrected chi connectivity index (χ0v) is 10.1. The first-order valence-corrected chi connectivity index (χ1v) is 6.98. The molecule has 1 fully saturated rings. The Bertz CT molecular complexity index is 337. The fourth-order valence-electron chi connectivity index (χ4n) is 1.45. The van der Waals surface area contributed by atoms with Crippen LogP contribution in [-0.4, -0.2) is 38.2 Å². The van der Waals surface area contributed by atoms with Crippen molar-refractivity contribution in [2.45, 2.75) is 6.42 Å². The van der Waals surface area contributed by atoms with Crippen LogP contribution in [-0.2, 0) is 14.6 Å². The largest absolute Gasteiger partial charge is 0.467 e. The number of thiocarbonyl (C=S) groups is 1. The minimum absolute atomic E-state index is 0.153. The average Bonchev–Trinajstić information content (AvgIpc) is 2.52. The first-order chi connectivity index (χ1) is 7.03. The summed E-state index contributed by atoms with van der Waals surface area (Å²) in [7, 11) is -2.80. The summed E-state index contributed by atoms with van der Waals surface area (Å²) in [6.45, 7) is 4.43. The van der Waals surface area contributed by atoms with Crippen molar-refractivity contribution < 1.29 is 13.2 Å². The highest BCUT2D eigenvalue weighted by atomic mass is 32.2. The van der Waals surface area contributed by atoms with Crippen LogP contribution >= 0.6 is 12.2 Å². The molecule has 1 atom stereocenters. The minimum Gasteiger partial charge on any atom is -0.467 e. The molecule has 0 aliphatic carbocycles. The van der Waals surface area contributed by atoms with Crippen LogP contribution in [0.15, 0.2) is 12.7 Å². The van der Waals surface area contributed by atoms with Crippen molar-refractivity contribution in [1.29, 1.82) is 0 Å². The first kappa shape index (κ1) is 12.4. The molecule has 1 rings (SSSR count). The first-order valence-electron chi connectivity index (χ1n) is 4.75. The van der Waals surface area contributed by atoms with Crippen LogP contribution in [0, 0.1) is 5.92 Å². The van der Waals surface area contributed by atoms with Crippen LogP contribution in [0.25, 0.3) is 0 Å². The molecule has 0 spiro atoms. The Kier molecular flexibility index (Phi) is 4.53. The summed E-state index contributed by atoms with van der Waals surface area (Å²) in [5.74, 6) is 0.698. The summed E-state index contributed by atoms with van der Waals surface area (Å²) < 4.78 is 27.4. The van der Waals surface area contributed by atoms with Crippen LogP contribution in [0.5, 0.6) is 0 Å². The second-order valence-electron chi connectivity index (χ2n) is 3.54. The topological polar surface area (TPSA) is 55.4 Å². The van der Waals surface area contributed by atoms with Gasteiger partial charge in [-0.15, -0.1) is 0 Å². The average molecular weight is 249 g/mol. The van der Waals surface area contributed by atoms with Gasteiger partial charge in [-0.25, -0.2) is 8.42 Å². The molecule has 1 saturated heterocycles. The Labute approximate surface area is 95.6 Å². The number of sulfone groups is 1. The SMILES string of the molecule is C=CCOC(=S)NCC1CCS(=O)(=O)C1. The van der Waals surface area contributed by atoms with Gasteiger partial charge in [-0.2, -0.15) is 0 Å². The van der Waals surface area contributed by atoms with Gasteiger partial charge in [0.2, 0.25) is 0 Å². The summed E-state index contributed by atoms with van der Waals surface area (Å²) in [5, 5.41) is 3.20. The lowest BCUT2D eigenvalue weighted by molar-refractivity contribution is 0.339. The van der Waals surface area contributed by atoms with E-state index in [4.69, 9.17) is 17.0 Å². The number of nitrogens with one attached hydrogen (secondary N) is 1. The zero-order valence-electron chi connectivity index (χ0n) is 8.44. The summed E-state index contributed by atoms with van der Waals surface area (Å²) >= 11 is 4.88. The Hall–Kier alpha value is -0.620. The molecule has 1 aliphatic heterocycles. The third kappa shape index (κ3) is 4.61. The van der Waals surface area contributed by atoms with Crippen LogP contribution < -0.4 is 5.32 Å². The lowest BCUT2D eigenvalue weighted by Crippen LogP contribution is -2.30. The van der Waals surface area contributed by atoms with Gasteiger partial charge in [-0.3, -0.25) is 0 Å². The maximum Gasteiger partial charge on any atom is 0.256 e. The van der Waals surface area contributed by atoms with E-state index in [1.54, 1.807) is 6.08 Å². The third-order valence-electron chi connectivity index (χ3n) is 2.19. The number of rotatable bonds is 4. The maximum atomic E-state index is 11.2. The monoisotopic (exact) mass is 249 g/mol. The van der Waals surface area contributed by atoms with E-state index in [9.17, 15) is 8.42 Å². The van der Waals surface area contributed by atoms with E-state index in [0.717, 1.165) is 0 Å². The Balaban J connectivity index is 2.21. The van der Waals surface area contributed by atoms with Gasteiger partial charge in [0.15, 0.2) is 9.84 Å². The Morgan fingerprint density at radius 3 is 2.93 bits per heavy atom. The maximum absolute atomic E-state index is 11.2. The predicted molar refractivity (Wildman–Crippen MR) is 63.5 cm³/mol. The van der Waals surface area contributed by atoms with E-state index < -0.39 is 9.84 Å². The van der Waals surface area contributed by atoms with E-state index in [2.05, 4.69) is 11.9 Å². The minimum atomic E-state index is -2.80. The highest BCUT2D eigenvalue weighted by Crippen LogP contribution is 2.17. The lowest BCUT2D eigenvalue weighted by atomic mass is 10.1. The van der Waals surface area contributed by atoms with Gasteiger partial charge in [0, 0.05) is 6.54 Å². The molecule has 0 aromatic rings. The molecule has 1 heterocycles. The predicted octanol–water partition coefficient (Wildman–Crippen LogP) is 0.498. The number of ether oxygens (including phenoxy) is 1. The molecule has 0 amide bonds. The van der Waals surface area contributed by atoms with E-state index in [1.165, 1.54) is 0 Å². The van der Waals surface area contributed by atoms with Crippen molar-refractivity contribution >= 4 is 27.2 Å². The molecular weight excluding hydrogens is 234 g/mol. The van der Waals surface area contributed by atoms with Crippen LogP contribution in [0.4, 0.5) is 0 Å². The van der Waals surface area contributed by atoms with Crippen molar-refractivity contribution in [2.75, 3.05) is 24.7 Å². The molecule has 1 N–H and O–H groups in total. The molecule has 15 heavy (non-hydrogen) atoms. The standard InChI is InChI=1S/C9H15NO3S2/c1-2-4-13-9(14)10-6-8-3-5-15(11,12)7-8/h2,8H,1,3-7H2,(H,10,14). The summed E-state index contributed by atoms with van der Waals surface area (Å²) in [6, 6.07) is 0. The van der Waals surface area contributed by atoms with Gasteiger partial charge in [0.1, 0.15) is 6.61 Å². The van der Waals surface area contributed by atoms with E-state index in [-0.39, 0.29) is 11.7 Å². The molecule has 6 heteroatoms. The molecule has 86 valence electrons. The van der Waals surface area contributed by atoms with Gasteiger partial charge >= 0.3 is 0 Å². The molecule has 0 saturated carbocycles. The van der Waals surface area contributed by atoms with Crippen molar-refractivity contribution in [3.8, 4) is 0 Å². The molecule has 0 radical (unpaired) electrons. The Morgan fingerprint density at radius 1 is 1.67 bits per heavy atom. The molecule has 4 nitrogen and oxygen atoms in total. The molecule has 0 aromatic carbocycles. The molecule has 1 unspecified atom stereocenters. The van der Waals surface area contributed by atoms with Crippen molar-refractivity contribution in [2.24, 2.45) is 5.92 Å². The highest BCUT2D eigenvalue weighted by Gasteiger charge is 2.27. The number of hydrogen-bond donors (Lipinski definition) is 1. The summed E-state index contributed by atoms with van der Waals surface area (Å²) in [5.41, 5.74) is 0. The second-order valence-corrected chi connectivity index (χ2v) is 6.14. The van der Waals surface area contributed by atoms with Crippen LogP contribution in [0.3, 0.4) is 0 Å². The van der Waals surface area contributed by atoms with Crippen molar-refractivity contribution in [3.05, 3.63) is 12.7 Å². The van der Waals surface area contributed by atoms with Gasteiger partial charge in [-0.1, -0.05) is 12.7 Å². The highest BCUT2D eigenvalue weighted by molar-refractivity contribution is 7.91. The number of hydrogen-bond acceptors (Lipinski definition) is 4. The van der Waals surface area contributed by atoms with E-state index in [1.807, 2.05) is 0 Å². The third-order valence-corrected chi connectivity index (χ3v) is 4.29. The quantitative estimate of drug-likeness (QED) is 0.581. The molecule has 1 aliphatic rings. The fourth-order valence-corrected chi connectivity index (χ4v) is 3.46. The van der Waals surface area contributed by atoms with Gasteiger partial charge in [-0.05, 0) is 24.6 Å². The summed E-state index contributed by atoms with van der Waals surface area (Å²) in [4.78, 5) is 0. The molecular formula is C9H15NO3S2. The van der Waals surface area contributed by atoms with Crippen LogP contribution in [0.2, 0.25) is 0 Å². The molecule has 0 aromatic heterocycles. The zero-order chi connectivity index (χ0) is 11.3. The smallest absolute Gasteiger partial charge is 0.256 e. The van der Waals surface area contributed by atoms with Gasteiger partial charge in [0.05, 0.1) is 11.5 Å². The fraction of sp³-hybridized carbons (Fsp3) is 0.667. The Morgan fingerprint density at radius 2 is 2.40 bits per heavy atom. The van der Waals surface area contributed by atoms with E-state index >= 15 is 0 Å². The van der Waals surface area contributed by atoms with Gasteiger partial charge in [0.25, 0.3) is 5.17 Å². The van der Waals surface area contributed by atoms with E-state index in [0.29, 0.717) is 30.5 Å². The normalized spacial score (nSPS) is 23.3. The summed E-state index contributed by atoms with van der Waals surface area (Å²) in [6.07, 6.45) is 2.31. The molecule has 0 bridgehead atoms. The second kappa shape index (κ2) is 5.46. The van der Waals surface area contributed by atoms with Crippen LogP contribution in [0.1, 0.15) is 6.42 Å². The van der Waals surface area contributed by atoms with Crippen molar-refractivity contribution in [1.82, 2.24) is 5.32 Å². The van der Waals surface area contributed by atoms with Crippen molar-refractivity contribution in [3.63, 3.8) is 0 Å². The lowest BCUT2D eigenvalue weighted by Gasteiger charge is -2.11. The van der Waals surface area contributed by atoms with Gasteiger partial charge < -0.3 is 10.1 Å².